The van der Waals surface area contributed by atoms with Crippen LogP contribution in [0.5, 0.6) is 0 Å². The van der Waals surface area contributed by atoms with E-state index in [1.165, 1.54) is 26.3 Å². The molecule has 1 aromatic heterocycles. The summed E-state index contributed by atoms with van der Waals surface area (Å²) in [4.78, 5) is 25.5. The van der Waals surface area contributed by atoms with Crippen molar-refractivity contribution in [1.82, 2.24) is 4.98 Å². The Balaban J connectivity index is 2.73. The third-order valence-corrected chi connectivity index (χ3v) is 1.59. The van der Waals surface area contributed by atoms with E-state index in [2.05, 4.69) is 15.0 Å². The second-order valence-electron chi connectivity index (χ2n) is 2.60. The van der Waals surface area contributed by atoms with E-state index in [1.807, 2.05) is 0 Å². The largest absolute Gasteiger partial charge is 0.453 e. The van der Waals surface area contributed by atoms with Crippen LogP contribution in [0.1, 0.15) is 17.3 Å². The summed E-state index contributed by atoms with van der Waals surface area (Å²) >= 11 is 0. The molecule has 0 aromatic carbocycles. The maximum Gasteiger partial charge on any atom is 0.412 e. The number of amides is 1. The summed E-state index contributed by atoms with van der Waals surface area (Å²) in [5.41, 5.74) is 0.500. The van der Waals surface area contributed by atoms with Gasteiger partial charge in [-0.1, -0.05) is 0 Å². The lowest BCUT2D eigenvalue weighted by atomic mass is 10.2. The predicted octanol–water partition coefficient (Wildman–Crippen LogP) is 1.46. The van der Waals surface area contributed by atoms with E-state index in [1.54, 1.807) is 6.07 Å². The first kappa shape index (κ1) is 10.2. The van der Waals surface area contributed by atoms with E-state index in [9.17, 15) is 9.59 Å². The highest BCUT2D eigenvalue weighted by molar-refractivity contribution is 5.94. The molecule has 1 N–H and O–H groups in total. The summed E-state index contributed by atoms with van der Waals surface area (Å²) in [7, 11) is 1.26. The molecular formula is C9H10N2O3. The van der Waals surface area contributed by atoms with Crippen molar-refractivity contribution in [3.63, 3.8) is 0 Å². The monoisotopic (exact) mass is 194 g/mol. The van der Waals surface area contributed by atoms with Crippen molar-refractivity contribution in [2.45, 2.75) is 6.92 Å². The van der Waals surface area contributed by atoms with Gasteiger partial charge in [-0.2, -0.15) is 0 Å². The van der Waals surface area contributed by atoms with Crippen LogP contribution in [0.3, 0.4) is 0 Å². The molecular weight excluding hydrogens is 184 g/mol. The average Bonchev–Trinajstić information content (AvgIpc) is 2.18. The topological polar surface area (TPSA) is 68.3 Å². The number of Topliss-reactive ketones (excluding diaryl/α,β-unsaturated/α-hetero) is 1. The van der Waals surface area contributed by atoms with Gasteiger partial charge in [0.1, 0.15) is 5.82 Å². The first-order valence-corrected chi connectivity index (χ1v) is 3.95. The van der Waals surface area contributed by atoms with Crippen LogP contribution in [-0.2, 0) is 4.74 Å². The van der Waals surface area contributed by atoms with Gasteiger partial charge in [0, 0.05) is 11.8 Å². The second-order valence-corrected chi connectivity index (χ2v) is 2.60. The molecule has 5 nitrogen and oxygen atoms in total. The van der Waals surface area contributed by atoms with Gasteiger partial charge in [-0.25, -0.2) is 9.78 Å². The molecule has 0 atom stereocenters. The van der Waals surface area contributed by atoms with Crippen LogP contribution in [0.4, 0.5) is 10.6 Å². The van der Waals surface area contributed by atoms with Gasteiger partial charge < -0.3 is 4.74 Å². The molecule has 0 radical (unpaired) electrons. The Morgan fingerprint density at radius 2 is 2.14 bits per heavy atom. The van der Waals surface area contributed by atoms with Gasteiger partial charge in [-0.15, -0.1) is 0 Å². The number of nitrogens with zero attached hydrogens (tertiary/aromatic N) is 1. The number of pyridine rings is 1. The third kappa shape index (κ3) is 2.55. The minimum Gasteiger partial charge on any atom is -0.453 e. The van der Waals surface area contributed by atoms with E-state index in [-0.39, 0.29) is 5.78 Å². The summed E-state index contributed by atoms with van der Waals surface area (Å²) in [5, 5.41) is 2.37. The molecule has 5 heteroatoms. The number of carbonyl (C=O) groups is 2. The minimum atomic E-state index is -0.590. The molecule has 0 saturated heterocycles. The minimum absolute atomic E-state index is 0.0675. The summed E-state index contributed by atoms with van der Waals surface area (Å²) < 4.78 is 4.37. The Hall–Kier alpha value is -1.91. The highest BCUT2D eigenvalue weighted by atomic mass is 16.5. The number of ketones is 1. The number of aromatic nitrogens is 1. The summed E-state index contributed by atoms with van der Waals surface area (Å²) in [6.45, 7) is 1.45. The van der Waals surface area contributed by atoms with Crippen molar-refractivity contribution in [2.75, 3.05) is 12.4 Å². The SMILES string of the molecule is COC(=O)Nc1ccc(C(C)=O)cn1. The normalized spacial score (nSPS) is 9.29. The number of ether oxygens (including phenoxy) is 1. The zero-order chi connectivity index (χ0) is 10.6. The molecule has 1 aromatic rings. The highest BCUT2D eigenvalue weighted by Gasteiger charge is 2.03. The van der Waals surface area contributed by atoms with Gasteiger partial charge in [0.2, 0.25) is 0 Å². The number of rotatable bonds is 2. The molecule has 0 bridgehead atoms. The Morgan fingerprint density at radius 3 is 2.57 bits per heavy atom. The first-order valence-electron chi connectivity index (χ1n) is 3.95. The fraction of sp³-hybridized carbons (Fsp3) is 0.222. The van der Waals surface area contributed by atoms with Crippen LogP contribution in [0.15, 0.2) is 18.3 Å². The lowest BCUT2D eigenvalue weighted by Crippen LogP contribution is -2.12. The molecule has 1 amide bonds. The predicted molar refractivity (Wildman–Crippen MR) is 50.3 cm³/mol. The van der Waals surface area contributed by atoms with Crippen LogP contribution in [-0.4, -0.2) is 24.0 Å². The molecule has 1 heterocycles. The summed E-state index contributed by atoms with van der Waals surface area (Å²) in [6, 6.07) is 3.12. The van der Waals surface area contributed by atoms with Crippen molar-refractivity contribution in [3.8, 4) is 0 Å². The molecule has 0 aliphatic rings. The Labute approximate surface area is 81.1 Å². The molecule has 0 aliphatic heterocycles. The molecule has 0 spiro atoms. The number of nitrogens with one attached hydrogen (secondary N) is 1. The molecule has 0 unspecified atom stereocenters. The van der Waals surface area contributed by atoms with Gasteiger partial charge in [-0.3, -0.25) is 10.1 Å². The van der Waals surface area contributed by atoms with Crippen molar-refractivity contribution < 1.29 is 14.3 Å². The second kappa shape index (κ2) is 4.36. The van der Waals surface area contributed by atoms with Gasteiger partial charge in [0.05, 0.1) is 7.11 Å². The molecule has 0 saturated carbocycles. The highest BCUT2D eigenvalue weighted by Crippen LogP contribution is 2.05. The molecule has 0 fully saturated rings. The quantitative estimate of drug-likeness (QED) is 0.723. The smallest absolute Gasteiger partial charge is 0.412 e. The number of hydrogen-bond donors (Lipinski definition) is 1. The van der Waals surface area contributed by atoms with Crippen LogP contribution >= 0.6 is 0 Å². The molecule has 14 heavy (non-hydrogen) atoms. The Morgan fingerprint density at radius 1 is 1.43 bits per heavy atom. The van der Waals surface area contributed by atoms with Crippen molar-refractivity contribution in [2.24, 2.45) is 0 Å². The molecule has 1 rings (SSSR count). The van der Waals surface area contributed by atoms with Crippen molar-refractivity contribution in [1.29, 1.82) is 0 Å². The fourth-order valence-electron chi connectivity index (χ4n) is 0.832. The van der Waals surface area contributed by atoms with Crippen LogP contribution in [0, 0.1) is 0 Å². The number of hydrogen-bond acceptors (Lipinski definition) is 4. The van der Waals surface area contributed by atoms with Crippen molar-refractivity contribution in [3.05, 3.63) is 23.9 Å². The maximum absolute atomic E-state index is 10.9. The van der Waals surface area contributed by atoms with Crippen molar-refractivity contribution >= 4 is 17.7 Å². The Bertz CT molecular complexity index is 346. The summed E-state index contributed by atoms with van der Waals surface area (Å²) in [6.07, 6.45) is 0.807. The lowest BCUT2D eigenvalue weighted by Gasteiger charge is -2.02. The van der Waals surface area contributed by atoms with Gasteiger partial charge in [0.25, 0.3) is 0 Å². The number of methoxy groups -OCH3 is 1. The van der Waals surface area contributed by atoms with Gasteiger partial charge in [-0.05, 0) is 19.1 Å². The van der Waals surface area contributed by atoms with E-state index < -0.39 is 6.09 Å². The standard InChI is InChI=1S/C9H10N2O3/c1-6(12)7-3-4-8(10-5-7)11-9(13)14-2/h3-5H,1-2H3,(H,10,11,13). The average molecular weight is 194 g/mol. The van der Waals surface area contributed by atoms with E-state index in [0.717, 1.165) is 0 Å². The van der Waals surface area contributed by atoms with Crippen LogP contribution in [0.2, 0.25) is 0 Å². The van der Waals surface area contributed by atoms with E-state index >= 15 is 0 Å². The van der Waals surface area contributed by atoms with Gasteiger partial charge in [0.15, 0.2) is 5.78 Å². The maximum atomic E-state index is 10.9. The molecule has 0 aliphatic carbocycles. The van der Waals surface area contributed by atoms with E-state index in [0.29, 0.717) is 11.4 Å². The van der Waals surface area contributed by atoms with E-state index in [4.69, 9.17) is 0 Å². The molecule has 74 valence electrons. The zero-order valence-electron chi connectivity index (χ0n) is 7.90. The number of anilines is 1. The van der Waals surface area contributed by atoms with Gasteiger partial charge >= 0.3 is 6.09 Å². The number of carbonyl (C=O) groups excluding carboxylic acids is 2. The zero-order valence-corrected chi connectivity index (χ0v) is 7.90. The third-order valence-electron chi connectivity index (χ3n) is 1.59. The fourth-order valence-corrected chi connectivity index (χ4v) is 0.832. The first-order chi connectivity index (χ1) is 6.63. The Kier molecular flexibility index (Phi) is 3.17. The summed E-state index contributed by atoms with van der Waals surface area (Å²) in [5.74, 6) is 0.281. The van der Waals surface area contributed by atoms with Crippen LogP contribution < -0.4 is 5.32 Å². The van der Waals surface area contributed by atoms with Crippen LogP contribution in [0.25, 0.3) is 0 Å². The lowest BCUT2D eigenvalue weighted by molar-refractivity contribution is 0.101.